The Labute approximate surface area is 167 Å². The van der Waals surface area contributed by atoms with E-state index in [2.05, 4.69) is 17.0 Å². The smallest absolute Gasteiger partial charge is 0.246 e. The van der Waals surface area contributed by atoms with Gasteiger partial charge in [0.2, 0.25) is 5.91 Å². The molecule has 0 aliphatic carbocycles. The minimum Gasteiger partial charge on any atom is -0.490 e. The van der Waals surface area contributed by atoms with Gasteiger partial charge in [-0.1, -0.05) is 24.3 Å². The summed E-state index contributed by atoms with van der Waals surface area (Å²) in [4.78, 5) is 16.8. The lowest BCUT2D eigenvalue weighted by molar-refractivity contribution is -0.126. The van der Waals surface area contributed by atoms with Crippen molar-refractivity contribution in [3.05, 3.63) is 60.2 Å². The van der Waals surface area contributed by atoms with Crippen LogP contribution in [0.25, 0.3) is 6.08 Å². The van der Waals surface area contributed by atoms with Crippen LogP contribution in [0, 0.1) is 0 Å². The molecule has 0 unspecified atom stereocenters. The molecule has 0 saturated carbocycles. The van der Waals surface area contributed by atoms with E-state index in [4.69, 9.17) is 9.47 Å². The molecule has 148 valence electrons. The van der Waals surface area contributed by atoms with E-state index >= 15 is 0 Å². The molecular weight excluding hydrogens is 352 g/mol. The van der Waals surface area contributed by atoms with E-state index in [-0.39, 0.29) is 5.91 Å². The van der Waals surface area contributed by atoms with E-state index < -0.39 is 0 Å². The number of benzene rings is 2. The van der Waals surface area contributed by atoms with Crippen molar-refractivity contribution in [3.63, 3.8) is 0 Å². The molecule has 3 rings (SSSR count). The number of para-hydroxylation sites is 1. The number of hydrogen-bond donors (Lipinski definition) is 0. The number of nitrogens with zero attached hydrogens (tertiary/aromatic N) is 2. The second-order valence-corrected chi connectivity index (χ2v) is 6.55. The van der Waals surface area contributed by atoms with Crippen molar-refractivity contribution in [1.82, 2.24) is 4.90 Å². The van der Waals surface area contributed by atoms with Gasteiger partial charge in [0.1, 0.15) is 0 Å². The number of ether oxygens (including phenoxy) is 2. The van der Waals surface area contributed by atoms with Gasteiger partial charge in [0.25, 0.3) is 0 Å². The highest BCUT2D eigenvalue weighted by atomic mass is 16.5. The van der Waals surface area contributed by atoms with E-state index in [1.165, 1.54) is 5.69 Å². The third-order valence-electron chi connectivity index (χ3n) is 4.70. The number of piperazine rings is 1. The molecule has 2 aromatic rings. The minimum atomic E-state index is 0.0413. The van der Waals surface area contributed by atoms with Crippen LogP contribution in [0.4, 0.5) is 5.69 Å². The predicted molar refractivity (Wildman–Crippen MR) is 113 cm³/mol. The van der Waals surface area contributed by atoms with Gasteiger partial charge in [-0.25, -0.2) is 0 Å². The van der Waals surface area contributed by atoms with Crippen LogP contribution in [0.1, 0.15) is 19.4 Å². The summed E-state index contributed by atoms with van der Waals surface area (Å²) in [6.45, 7) is 8.19. The van der Waals surface area contributed by atoms with Crippen LogP contribution in [0.5, 0.6) is 11.5 Å². The first-order valence-electron chi connectivity index (χ1n) is 9.88. The van der Waals surface area contributed by atoms with Crippen LogP contribution in [-0.4, -0.2) is 50.2 Å². The van der Waals surface area contributed by atoms with Gasteiger partial charge in [-0.05, 0) is 49.8 Å². The van der Waals surface area contributed by atoms with E-state index in [1.54, 1.807) is 6.08 Å². The predicted octanol–water partition coefficient (Wildman–Crippen LogP) is 3.85. The zero-order valence-electron chi connectivity index (χ0n) is 16.6. The third-order valence-corrected chi connectivity index (χ3v) is 4.70. The molecule has 5 nitrogen and oxygen atoms in total. The molecule has 0 aromatic heterocycles. The van der Waals surface area contributed by atoms with Crippen molar-refractivity contribution in [2.24, 2.45) is 0 Å². The van der Waals surface area contributed by atoms with Gasteiger partial charge in [-0.3, -0.25) is 4.79 Å². The summed E-state index contributed by atoms with van der Waals surface area (Å²) in [6, 6.07) is 16.1. The molecule has 28 heavy (non-hydrogen) atoms. The summed E-state index contributed by atoms with van der Waals surface area (Å²) in [5.74, 6) is 1.47. The molecule has 2 aromatic carbocycles. The maximum Gasteiger partial charge on any atom is 0.246 e. The molecule has 0 spiro atoms. The van der Waals surface area contributed by atoms with E-state index in [0.29, 0.717) is 19.0 Å². The Morgan fingerprint density at radius 2 is 1.61 bits per heavy atom. The molecule has 1 aliphatic rings. The van der Waals surface area contributed by atoms with Gasteiger partial charge in [0.05, 0.1) is 13.2 Å². The second-order valence-electron chi connectivity index (χ2n) is 6.55. The summed E-state index contributed by atoms with van der Waals surface area (Å²) in [6.07, 6.45) is 3.48. The molecule has 0 bridgehead atoms. The van der Waals surface area contributed by atoms with Crippen LogP contribution in [0.3, 0.4) is 0 Å². The highest BCUT2D eigenvalue weighted by Crippen LogP contribution is 2.29. The summed E-state index contributed by atoms with van der Waals surface area (Å²) in [5, 5.41) is 0. The first kappa shape index (κ1) is 19.8. The summed E-state index contributed by atoms with van der Waals surface area (Å²) in [5.41, 5.74) is 2.13. The number of carbonyl (C=O) groups excluding carboxylic acids is 1. The largest absolute Gasteiger partial charge is 0.490 e. The SMILES string of the molecule is CCOc1ccc(/C=C/C(=O)N2CCN(c3ccccc3)CC2)cc1OCC. The lowest BCUT2D eigenvalue weighted by Gasteiger charge is -2.35. The molecule has 1 saturated heterocycles. The van der Waals surface area contributed by atoms with Gasteiger partial charge in [-0.15, -0.1) is 0 Å². The maximum atomic E-state index is 12.6. The molecule has 1 amide bonds. The lowest BCUT2D eigenvalue weighted by atomic mass is 10.1. The number of rotatable bonds is 7. The van der Waals surface area contributed by atoms with Crippen LogP contribution in [-0.2, 0) is 4.79 Å². The molecule has 1 fully saturated rings. The van der Waals surface area contributed by atoms with Gasteiger partial charge >= 0.3 is 0 Å². The Bertz CT molecular complexity index is 797. The molecule has 0 N–H and O–H groups in total. The molecule has 1 aliphatic heterocycles. The number of anilines is 1. The third kappa shape index (κ3) is 5.06. The van der Waals surface area contributed by atoms with Gasteiger partial charge < -0.3 is 19.3 Å². The average Bonchev–Trinajstić information content (AvgIpc) is 2.75. The van der Waals surface area contributed by atoms with Crippen molar-refractivity contribution >= 4 is 17.7 Å². The van der Waals surface area contributed by atoms with Crippen LogP contribution < -0.4 is 14.4 Å². The molecule has 5 heteroatoms. The highest BCUT2D eigenvalue weighted by Gasteiger charge is 2.19. The van der Waals surface area contributed by atoms with Crippen molar-refractivity contribution in [3.8, 4) is 11.5 Å². The normalized spacial score (nSPS) is 14.4. The van der Waals surface area contributed by atoms with Crippen molar-refractivity contribution in [1.29, 1.82) is 0 Å². The molecule has 1 heterocycles. The van der Waals surface area contributed by atoms with Crippen molar-refractivity contribution in [2.75, 3.05) is 44.3 Å². The fraction of sp³-hybridized carbons (Fsp3) is 0.348. The summed E-state index contributed by atoms with van der Waals surface area (Å²) >= 11 is 0. The zero-order valence-corrected chi connectivity index (χ0v) is 16.6. The lowest BCUT2D eigenvalue weighted by Crippen LogP contribution is -2.48. The first-order valence-corrected chi connectivity index (χ1v) is 9.88. The van der Waals surface area contributed by atoms with E-state index in [1.807, 2.05) is 61.2 Å². The van der Waals surface area contributed by atoms with E-state index in [9.17, 15) is 4.79 Å². The number of amides is 1. The Kier molecular flexibility index (Phi) is 6.95. The van der Waals surface area contributed by atoms with Crippen LogP contribution in [0.2, 0.25) is 0 Å². The maximum absolute atomic E-state index is 12.6. The summed E-state index contributed by atoms with van der Waals surface area (Å²) < 4.78 is 11.2. The molecule has 0 atom stereocenters. The van der Waals surface area contributed by atoms with Crippen molar-refractivity contribution in [2.45, 2.75) is 13.8 Å². The standard InChI is InChI=1S/C23H28N2O3/c1-3-27-21-12-10-19(18-22(21)28-4-2)11-13-23(26)25-16-14-24(15-17-25)20-8-6-5-7-9-20/h5-13,18H,3-4,14-17H2,1-2H3/b13-11+. The van der Waals surface area contributed by atoms with Gasteiger partial charge in [-0.2, -0.15) is 0 Å². The topological polar surface area (TPSA) is 42.0 Å². The quantitative estimate of drug-likeness (QED) is 0.685. The molecule has 0 radical (unpaired) electrons. The van der Waals surface area contributed by atoms with Gasteiger partial charge in [0.15, 0.2) is 11.5 Å². The second kappa shape index (κ2) is 9.83. The fourth-order valence-corrected chi connectivity index (χ4v) is 3.27. The number of hydrogen-bond acceptors (Lipinski definition) is 4. The Balaban J connectivity index is 1.59. The van der Waals surface area contributed by atoms with Crippen LogP contribution in [0.15, 0.2) is 54.6 Å². The Morgan fingerprint density at radius 3 is 2.29 bits per heavy atom. The number of carbonyl (C=O) groups is 1. The monoisotopic (exact) mass is 380 g/mol. The minimum absolute atomic E-state index is 0.0413. The van der Waals surface area contributed by atoms with Gasteiger partial charge in [0, 0.05) is 37.9 Å². The van der Waals surface area contributed by atoms with E-state index in [0.717, 1.165) is 37.5 Å². The highest BCUT2D eigenvalue weighted by molar-refractivity contribution is 5.92. The van der Waals surface area contributed by atoms with Crippen molar-refractivity contribution < 1.29 is 14.3 Å². The zero-order chi connectivity index (χ0) is 19.8. The molecular formula is C23H28N2O3. The Morgan fingerprint density at radius 1 is 0.929 bits per heavy atom. The fourth-order valence-electron chi connectivity index (χ4n) is 3.27. The average molecular weight is 380 g/mol. The Hall–Kier alpha value is -2.95. The first-order chi connectivity index (χ1) is 13.7. The summed E-state index contributed by atoms with van der Waals surface area (Å²) in [7, 11) is 0. The van der Waals surface area contributed by atoms with Crippen LogP contribution >= 0.6 is 0 Å².